The van der Waals surface area contributed by atoms with Gasteiger partial charge in [-0.1, -0.05) is 0 Å². The maximum absolute atomic E-state index is 12.5. The molecule has 1 fully saturated rings. The van der Waals surface area contributed by atoms with Gasteiger partial charge in [0.05, 0.1) is 12.4 Å². The number of rotatable bonds is 4. The van der Waals surface area contributed by atoms with Crippen molar-refractivity contribution in [2.24, 2.45) is 0 Å². The smallest absolute Gasteiger partial charge is 0.451 e. The summed E-state index contributed by atoms with van der Waals surface area (Å²) in [6, 6.07) is 5.79. The Kier molecular flexibility index (Phi) is 4.69. The van der Waals surface area contributed by atoms with Crippen LogP contribution in [0.4, 0.5) is 24.5 Å². The fourth-order valence-electron chi connectivity index (χ4n) is 2.69. The number of halogens is 3. The number of benzene rings is 1. The van der Waals surface area contributed by atoms with Gasteiger partial charge in [-0.25, -0.2) is 9.97 Å². The molecule has 2 heterocycles. The van der Waals surface area contributed by atoms with Crippen molar-refractivity contribution in [3.8, 4) is 11.5 Å². The summed E-state index contributed by atoms with van der Waals surface area (Å²) in [7, 11) is 3.85. The zero-order valence-electron chi connectivity index (χ0n) is 14.0. The second kappa shape index (κ2) is 6.78. The summed E-state index contributed by atoms with van der Waals surface area (Å²) in [5.74, 6) is -0.479. The van der Waals surface area contributed by atoms with Crippen LogP contribution in [0.25, 0.3) is 0 Å². The molecule has 0 bridgehead atoms. The second-order valence-electron chi connectivity index (χ2n) is 6.12. The van der Waals surface area contributed by atoms with Crippen molar-refractivity contribution < 1.29 is 17.9 Å². The van der Waals surface area contributed by atoms with E-state index < -0.39 is 12.0 Å². The van der Waals surface area contributed by atoms with Crippen molar-refractivity contribution in [2.75, 3.05) is 37.0 Å². The Labute approximate surface area is 144 Å². The lowest BCUT2D eigenvalue weighted by Gasteiger charge is -2.22. The molecule has 8 heteroatoms. The fourth-order valence-corrected chi connectivity index (χ4v) is 2.69. The molecule has 0 amide bonds. The van der Waals surface area contributed by atoms with Crippen molar-refractivity contribution in [1.82, 2.24) is 9.97 Å². The number of anilines is 2. The Morgan fingerprint density at radius 1 is 1.00 bits per heavy atom. The van der Waals surface area contributed by atoms with Gasteiger partial charge in [0.1, 0.15) is 5.75 Å². The number of aromatic nitrogens is 2. The largest absolute Gasteiger partial charge is 0.454 e. The molecular formula is C17H19F3N4O. The van der Waals surface area contributed by atoms with Crippen LogP contribution < -0.4 is 14.5 Å². The van der Waals surface area contributed by atoms with Gasteiger partial charge in [-0.3, -0.25) is 0 Å². The summed E-state index contributed by atoms with van der Waals surface area (Å²) in [6.45, 7) is 1.97. The topological polar surface area (TPSA) is 41.5 Å². The van der Waals surface area contributed by atoms with E-state index in [2.05, 4.69) is 20.9 Å². The maximum atomic E-state index is 12.5. The number of hydrogen-bond donors (Lipinski definition) is 0. The number of hydrogen-bond acceptors (Lipinski definition) is 5. The van der Waals surface area contributed by atoms with Gasteiger partial charge in [-0.05, 0) is 18.9 Å². The predicted molar refractivity (Wildman–Crippen MR) is 89.3 cm³/mol. The van der Waals surface area contributed by atoms with Crippen LogP contribution in [0.15, 0.2) is 30.6 Å². The minimum atomic E-state index is -4.56. The number of ether oxygens (including phenoxy) is 1. The Morgan fingerprint density at radius 2 is 1.64 bits per heavy atom. The van der Waals surface area contributed by atoms with Gasteiger partial charge in [-0.15, -0.1) is 0 Å². The summed E-state index contributed by atoms with van der Waals surface area (Å²) >= 11 is 0. The van der Waals surface area contributed by atoms with E-state index in [4.69, 9.17) is 4.74 Å². The van der Waals surface area contributed by atoms with Gasteiger partial charge in [0, 0.05) is 50.7 Å². The first-order valence-corrected chi connectivity index (χ1v) is 7.97. The lowest BCUT2D eigenvalue weighted by Crippen LogP contribution is -2.18. The quantitative estimate of drug-likeness (QED) is 0.833. The third-order valence-electron chi connectivity index (χ3n) is 3.98. The maximum Gasteiger partial charge on any atom is 0.451 e. The first-order valence-electron chi connectivity index (χ1n) is 7.97. The highest BCUT2D eigenvalue weighted by molar-refractivity contribution is 5.63. The van der Waals surface area contributed by atoms with Gasteiger partial charge in [-0.2, -0.15) is 13.2 Å². The van der Waals surface area contributed by atoms with Crippen LogP contribution in [0.3, 0.4) is 0 Å². The lowest BCUT2D eigenvalue weighted by molar-refractivity contribution is -0.145. The van der Waals surface area contributed by atoms with Crippen LogP contribution in [-0.2, 0) is 6.18 Å². The van der Waals surface area contributed by atoms with Crippen molar-refractivity contribution >= 4 is 11.4 Å². The summed E-state index contributed by atoms with van der Waals surface area (Å²) in [4.78, 5) is 10.9. The second-order valence-corrected chi connectivity index (χ2v) is 6.12. The Balaban J connectivity index is 1.85. The van der Waals surface area contributed by atoms with Crippen molar-refractivity contribution in [1.29, 1.82) is 0 Å². The molecule has 0 N–H and O–H groups in total. The van der Waals surface area contributed by atoms with Crippen LogP contribution in [-0.4, -0.2) is 37.2 Å². The zero-order chi connectivity index (χ0) is 18.0. The molecule has 0 atom stereocenters. The van der Waals surface area contributed by atoms with Gasteiger partial charge in [0.2, 0.25) is 5.82 Å². The van der Waals surface area contributed by atoms with E-state index in [0.717, 1.165) is 49.7 Å². The molecule has 0 spiro atoms. The molecule has 25 heavy (non-hydrogen) atoms. The van der Waals surface area contributed by atoms with Crippen LogP contribution in [0.1, 0.15) is 18.7 Å². The van der Waals surface area contributed by atoms with E-state index in [1.807, 2.05) is 31.1 Å². The minimum absolute atomic E-state index is 0.163. The average Bonchev–Trinajstić information content (AvgIpc) is 3.08. The fraction of sp³-hybridized carbons (Fsp3) is 0.412. The molecule has 0 aliphatic carbocycles. The van der Waals surface area contributed by atoms with Gasteiger partial charge in [0.25, 0.3) is 0 Å². The highest BCUT2D eigenvalue weighted by Crippen LogP contribution is 2.33. The third kappa shape index (κ3) is 4.12. The van der Waals surface area contributed by atoms with Gasteiger partial charge >= 0.3 is 6.18 Å². The first kappa shape index (κ1) is 17.3. The molecule has 3 rings (SSSR count). The molecule has 0 radical (unpaired) electrons. The number of alkyl halides is 3. The molecule has 1 aliphatic heterocycles. The van der Waals surface area contributed by atoms with E-state index in [1.165, 1.54) is 0 Å². The molecule has 1 aromatic heterocycles. The van der Waals surface area contributed by atoms with Crippen LogP contribution in [0.5, 0.6) is 11.5 Å². The average molecular weight is 352 g/mol. The highest BCUT2D eigenvalue weighted by atomic mass is 19.4. The molecular weight excluding hydrogens is 333 g/mol. The molecule has 0 saturated carbocycles. The Hall–Kier alpha value is -2.51. The van der Waals surface area contributed by atoms with E-state index in [-0.39, 0.29) is 5.75 Å². The van der Waals surface area contributed by atoms with Crippen LogP contribution >= 0.6 is 0 Å². The molecule has 1 aromatic carbocycles. The summed E-state index contributed by atoms with van der Waals surface area (Å²) in [5.41, 5.74) is 1.98. The van der Waals surface area contributed by atoms with Crippen molar-refractivity contribution in [3.63, 3.8) is 0 Å². The molecule has 5 nitrogen and oxygen atoms in total. The molecule has 134 valence electrons. The molecule has 1 aliphatic rings. The lowest BCUT2D eigenvalue weighted by atomic mass is 10.2. The monoisotopic (exact) mass is 352 g/mol. The Morgan fingerprint density at radius 3 is 2.20 bits per heavy atom. The summed E-state index contributed by atoms with van der Waals surface area (Å²) in [6.07, 6.45) is -0.197. The Bertz CT molecular complexity index is 726. The highest BCUT2D eigenvalue weighted by Gasteiger charge is 2.34. The standard InChI is InChI=1S/C17H19F3N4O/c1-23(2)12-7-13(24-5-3-4-6-24)9-14(8-12)25-15-10-21-16(22-11-15)17(18,19)20/h7-11H,3-6H2,1-2H3. The molecule has 2 aromatic rings. The van der Waals surface area contributed by atoms with E-state index in [9.17, 15) is 13.2 Å². The summed E-state index contributed by atoms with van der Waals surface area (Å²) in [5, 5.41) is 0. The normalized spacial score (nSPS) is 14.7. The van der Waals surface area contributed by atoms with Gasteiger partial charge < -0.3 is 14.5 Å². The third-order valence-corrected chi connectivity index (χ3v) is 3.98. The van der Waals surface area contributed by atoms with Crippen LogP contribution in [0, 0.1) is 0 Å². The van der Waals surface area contributed by atoms with Crippen molar-refractivity contribution in [2.45, 2.75) is 19.0 Å². The van der Waals surface area contributed by atoms with Gasteiger partial charge in [0.15, 0.2) is 5.75 Å². The SMILES string of the molecule is CN(C)c1cc(Oc2cnc(C(F)(F)F)nc2)cc(N2CCCC2)c1. The summed E-state index contributed by atoms with van der Waals surface area (Å²) < 4.78 is 43.3. The first-order chi connectivity index (χ1) is 11.8. The predicted octanol–water partition coefficient (Wildman–Crippen LogP) is 3.95. The van der Waals surface area contributed by atoms with Crippen molar-refractivity contribution in [3.05, 3.63) is 36.4 Å². The molecule has 1 saturated heterocycles. The van der Waals surface area contributed by atoms with E-state index in [0.29, 0.717) is 5.75 Å². The molecule has 0 unspecified atom stereocenters. The van der Waals surface area contributed by atoms with E-state index >= 15 is 0 Å². The van der Waals surface area contributed by atoms with Crippen LogP contribution in [0.2, 0.25) is 0 Å². The zero-order valence-corrected chi connectivity index (χ0v) is 14.0. The minimum Gasteiger partial charge on any atom is -0.454 e. The number of nitrogens with zero attached hydrogens (tertiary/aromatic N) is 4. The van der Waals surface area contributed by atoms with E-state index in [1.54, 1.807) is 0 Å².